The molecule has 1 aliphatic rings. The van der Waals surface area contributed by atoms with Gasteiger partial charge >= 0.3 is 0 Å². The van der Waals surface area contributed by atoms with Gasteiger partial charge in [0.2, 0.25) is 0 Å². The maximum Gasteiger partial charge on any atom is 0.147 e. The number of aliphatic hydroxyl groups excluding tert-OH is 1. The number of hydrogen-bond acceptors (Lipinski definition) is 5. The summed E-state index contributed by atoms with van der Waals surface area (Å²) in [7, 11) is 0. The summed E-state index contributed by atoms with van der Waals surface area (Å²) < 4.78 is 0. The van der Waals surface area contributed by atoms with Gasteiger partial charge in [-0.15, -0.1) is 10.2 Å². The van der Waals surface area contributed by atoms with Crippen LogP contribution in [0.5, 0.6) is 0 Å². The molecule has 1 rings (SSSR count). The molecule has 0 saturated carbocycles. The van der Waals surface area contributed by atoms with Crippen molar-refractivity contribution >= 4 is 5.84 Å². The number of amidine groups is 1. The number of hydrazine groups is 2. The molecule has 0 aromatic heterocycles. The van der Waals surface area contributed by atoms with Crippen LogP contribution >= 0.6 is 0 Å². The molecule has 0 bridgehead atoms. The Labute approximate surface area is 129 Å². The molecule has 0 saturated heterocycles. The van der Waals surface area contributed by atoms with Gasteiger partial charge < -0.3 is 5.11 Å². The number of rotatable bonds is 13. The summed E-state index contributed by atoms with van der Waals surface area (Å²) in [6, 6.07) is 0. The monoisotopic (exact) mass is 296 g/mol. The van der Waals surface area contributed by atoms with Crippen LogP contribution in [0.4, 0.5) is 0 Å². The Balaban J connectivity index is 1.84. The topological polar surface area (TPSA) is 59.9 Å². The van der Waals surface area contributed by atoms with Gasteiger partial charge in [0.15, 0.2) is 0 Å². The first-order valence-electron chi connectivity index (χ1n) is 8.45. The second kappa shape index (κ2) is 11.4. The van der Waals surface area contributed by atoms with Crippen molar-refractivity contribution in [2.24, 2.45) is 5.10 Å². The zero-order chi connectivity index (χ0) is 15.3. The van der Waals surface area contributed by atoms with Crippen LogP contribution in [0.15, 0.2) is 17.4 Å². The van der Waals surface area contributed by atoms with Crippen LogP contribution in [0.3, 0.4) is 0 Å². The highest BCUT2D eigenvalue weighted by Gasteiger charge is 2.13. The van der Waals surface area contributed by atoms with Crippen molar-refractivity contribution in [3.63, 3.8) is 0 Å². The normalized spacial score (nSPS) is 14.6. The zero-order valence-corrected chi connectivity index (χ0v) is 13.5. The smallest absolute Gasteiger partial charge is 0.147 e. The molecule has 1 aliphatic heterocycles. The lowest BCUT2D eigenvalue weighted by atomic mass is 10.1. The lowest BCUT2D eigenvalue weighted by Gasteiger charge is -2.15. The van der Waals surface area contributed by atoms with Gasteiger partial charge in [-0.1, -0.05) is 71.3 Å². The van der Waals surface area contributed by atoms with E-state index in [1.807, 2.05) is 5.12 Å². The summed E-state index contributed by atoms with van der Waals surface area (Å²) in [5, 5.41) is 15.0. The third-order valence-electron chi connectivity index (χ3n) is 3.68. The van der Waals surface area contributed by atoms with Gasteiger partial charge in [-0.3, -0.25) is 5.43 Å². The first kappa shape index (κ1) is 17.8. The van der Waals surface area contributed by atoms with Crippen molar-refractivity contribution in [2.45, 2.75) is 77.6 Å². The maximum absolute atomic E-state index is 9.10. The number of hydrogen-bond donors (Lipinski definition) is 3. The van der Waals surface area contributed by atoms with Gasteiger partial charge in [-0.2, -0.15) is 0 Å². The lowest BCUT2D eigenvalue weighted by molar-refractivity contribution is 0.174. The number of nitrogens with zero attached hydrogens (tertiary/aromatic N) is 2. The average molecular weight is 296 g/mol. The number of hydrazone groups is 1. The summed E-state index contributed by atoms with van der Waals surface area (Å²) in [4.78, 5) is 0. The molecular formula is C16H32N4O. The molecule has 21 heavy (non-hydrogen) atoms. The molecule has 1 heterocycles. The molecule has 3 N–H and O–H groups in total. The van der Waals surface area contributed by atoms with Gasteiger partial charge in [-0.25, -0.2) is 5.53 Å². The Kier molecular flexibility index (Phi) is 9.70. The largest absolute Gasteiger partial charge is 0.512 e. The van der Waals surface area contributed by atoms with Crippen LogP contribution in [0.1, 0.15) is 77.6 Å². The molecule has 0 atom stereocenters. The Morgan fingerprint density at radius 2 is 1.62 bits per heavy atom. The summed E-state index contributed by atoms with van der Waals surface area (Å²) in [6.07, 6.45) is 13.8. The fraction of sp³-hybridized carbons (Fsp3) is 0.812. The van der Waals surface area contributed by atoms with E-state index < -0.39 is 0 Å². The van der Waals surface area contributed by atoms with E-state index in [-0.39, 0.29) is 5.76 Å². The van der Waals surface area contributed by atoms with Crippen LogP contribution in [0, 0.1) is 0 Å². The molecule has 0 amide bonds. The van der Waals surface area contributed by atoms with E-state index in [1.54, 1.807) is 0 Å². The second-order valence-electron chi connectivity index (χ2n) is 5.85. The molecule has 0 aliphatic carbocycles. The van der Waals surface area contributed by atoms with Crippen molar-refractivity contribution in [3.05, 3.63) is 12.3 Å². The van der Waals surface area contributed by atoms with Gasteiger partial charge in [0, 0.05) is 6.54 Å². The van der Waals surface area contributed by atoms with E-state index >= 15 is 0 Å². The van der Waals surface area contributed by atoms with Crippen molar-refractivity contribution < 1.29 is 5.11 Å². The zero-order valence-electron chi connectivity index (χ0n) is 13.5. The predicted octanol–water partition coefficient (Wildman–Crippen LogP) is 4.01. The van der Waals surface area contributed by atoms with E-state index in [2.05, 4.69) is 29.6 Å². The Bertz CT molecular complexity index is 317. The number of nitrogens with one attached hydrogen (secondary N) is 2. The third-order valence-corrected chi connectivity index (χ3v) is 3.68. The average Bonchev–Trinajstić information content (AvgIpc) is 2.87. The highest BCUT2D eigenvalue weighted by Crippen LogP contribution is 2.10. The van der Waals surface area contributed by atoms with E-state index in [1.165, 1.54) is 57.8 Å². The van der Waals surface area contributed by atoms with Gasteiger partial charge in [0.25, 0.3) is 0 Å². The Hall–Kier alpha value is -1.23. The molecule has 122 valence electrons. The van der Waals surface area contributed by atoms with Crippen LogP contribution in [-0.4, -0.2) is 22.6 Å². The molecule has 5 nitrogen and oxygen atoms in total. The molecular weight excluding hydrogens is 264 g/mol. The molecule has 0 fully saturated rings. The second-order valence-corrected chi connectivity index (χ2v) is 5.85. The first-order chi connectivity index (χ1) is 10.2. The third kappa shape index (κ3) is 9.34. The molecule has 0 aromatic carbocycles. The van der Waals surface area contributed by atoms with Crippen molar-refractivity contribution in [2.75, 3.05) is 6.54 Å². The van der Waals surface area contributed by atoms with Crippen molar-refractivity contribution in [1.29, 1.82) is 0 Å². The summed E-state index contributed by atoms with van der Waals surface area (Å²) in [5.74, 6) is 0.846. The fourth-order valence-corrected chi connectivity index (χ4v) is 2.46. The SMILES string of the molecule is C=C(O)CC1=NNN(CCCCCCCCCCCC)N1. The van der Waals surface area contributed by atoms with Crippen LogP contribution in [-0.2, 0) is 0 Å². The maximum atomic E-state index is 9.10. The number of aliphatic hydroxyl groups is 1. The van der Waals surface area contributed by atoms with Crippen LogP contribution in [0.25, 0.3) is 0 Å². The van der Waals surface area contributed by atoms with Crippen LogP contribution < -0.4 is 11.0 Å². The molecule has 0 radical (unpaired) electrons. The molecule has 0 unspecified atom stereocenters. The fourth-order valence-electron chi connectivity index (χ4n) is 2.46. The minimum absolute atomic E-state index is 0.129. The van der Waals surface area contributed by atoms with Gasteiger partial charge in [0.1, 0.15) is 5.84 Å². The molecule has 0 spiro atoms. The minimum Gasteiger partial charge on any atom is -0.512 e. The summed E-state index contributed by atoms with van der Waals surface area (Å²) >= 11 is 0. The lowest BCUT2D eigenvalue weighted by Crippen LogP contribution is -2.42. The van der Waals surface area contributed by atoms with E-state index in [4.69, 9.17) is 5.11 Å². The van der Waals surface area contributed by atoms with Crippen LogP contribution in [0.2, 0.25) is 0 Å². The predicted molar refractivity (Wildman–Crippen MR) is 88.6 cm³/mol. The summed E-state index contributed by atoms with van der Waals surface area (Å²) in [6.45, 7) is 6.64. The van der Waals surface area contributed by atoms with Crippen molar-refractivity contribution in [3.8, 4) is 0 Å². The van der Waals surface area contributed by atoms with E-state index in [0.717, 1.165) is 18.8 Å². The summed E-state index contributed by atoms with van der Waals surface area (Å²) in [5.41, 5.74) is 6.01. The standard InChI is InChI=1S/C16H32N4O/c1-3-4-5-6-7-8-9-10-11-12-13-20-18-16(17-19-20)14-15(2)21/h19,21H,2-14H2,1H3,(H,17,18). The quantitative estimate of drug-likeness (QED) is 0.355. The molecule has 5 heteroatoms. The highest BCUT2D eigenvalue weighted by molar-refractivity contribution is 5.83. The van der Waals surface area contributed by atoms with Gasteiger partial charge in [0.05, 0.1) is 12.2 Å². The van der Waals surface area contributed by atoms with E-state index in [0.29, 0.717) is 6.42 Å². The number of unbranched alkanes of at least 4 members (excludes halogenated alkanes) is 9. The van der Waals surface area contributed by atoms with Crippen molar-refractivity contribution in [1.82, 2.24) is 16.1 Å². The highest BCUT2D eigenvalue weighted by atomic mass is 16.3. The minimum atomic E-state index is 0.129. The van der Waals surface area contributed by atoms with Gasteiger partial charge in [-0.05, 0) is 6.42 Å². The van der Waals surface area contributed by atoms with E-state index in [9.17, 15) is 0 Å². The Morgan fingerprint density at radius 3 is 2.19 bits per heavy atom. The first-order valence-corrected chi connectivity index (χ1v) is 8.45. The molecule has 0 aromatic rings. The Morgan fingerprint density at radius 1 is 1.05 bits per heavy atom.